The molecule has 178 valence electrons. The summed E-state index contributed by atoms with van der Waals surface area (Å²) in [5.74, 6) is 0.784. The largest absolute Gasteiger partial charge is 0.474 e. The summed E-state index contributed by atoms with van der Waals surface area (Å²) >= 11 is 0. The number of aliphatic hydroxyl groups is 1. The first-order valence-electron chi connectivity index (χ1n) is 11.8. The molecular weight excluding hydrogens is 434 g/mol. The number of nitrogens with two attached hydrogens (primary N) is 1. The number of ether oxygens (including phenoxy) is 2. The van der Waals surface area contributed by atoms with E-state index in [1.54, 1.807) is 30.5 Å². The Labute approximate surface area is 197 Å². The number of pyridine rings is 1. The second-order valence-corrected chi connectivity index (χ2v) is 8.98. The highest BCUT2D eigenvalue weighted by Crippen LogP contribution is 2.38. The van der Waals surface area contributed by atoms with E-state index in [-0.39, 0.29) is 18.1 Å². The first kappa shape index (κ1) is 22.5. The number of fused-ring (bicyclic) bond motifs is 1. The van der Waals surface area contributed by atoms with Gasteiger partial charge in [0, 0.05) is 42.0 Å². The lowest BCUT2D eigenvalue weighted by molar-refractivity contribution is 0.0244. The molecule has 9 heteroatoms. The molecule has 1 saturated heterocycles. The molecule has 5 rings (SSSR count). The second kappa shape index (κ2) is 9.90. The van der Waals surface area contributed by atoms with Gasteiger partial charge in [0.15, 0.2) is 0 Å². The van der Waals surface area contributed by atoms with Crippen molar-refractivity contribution in [1.29, 1.82) is 0 Å². The predicted molar refractivity (Wildman–Crippen MR) is 127 cm³/mol. The van der Waals surface area contributed by atoms with Gasteiger partial charge in [-0.1, -0.05) is 0 Å². The average Bonchev–Trinajstić information content (AvgIpc) is 2.86. The van der Waals surface area contributed by atoms with Gasteiger partial charge in [-0.15, -0.1) is 0 Å². The van der Waals surface area contributed by atoms with Gasteiger partial charge in [0.1, 0.15) is 6.10 Å². The number of anilines is 2. The molecule has 1 aromatic carbocycles. The van der Waals surface area contributed by atoms with Crippen molar-refractivity contribution >= 4 is 28.4 Å². The standard InChI is InChI=1S/C25H29N5O4/c26-23(32)16-1-5-17(6-2-16)29-25-28-14-21-22(30-25)20(15-3-7-18(31)8-4-15)13-27-24(21)34-19-9-11-33-12-10-19/h1-2,5-6,13-15,18-19,31H,3-4,7-12H2,(H2,26,32)(H,28,29,30). The molecule has 1 saturated carbocycles. The van der Waals surface area contributed by atoms with Crippen molar-refractivity contribution in [3.63, 3.8) is 0 Å². The zero-order chi connectivity index (χ0) is 23.5. The molecule has 9 nitrogen and oxygen atoms in total. The van der Waals surface area contributed by atoms with Crippen molar-refractivity contribution in [1.82, 2.24) is 15.0 Å². The highest BCUT2D eigenvalue weighted by Gasteiger charge is 2.25. The lowest BCUT2D eigenvalue weighted by Crippen LogP contribution is -2.26. The quantitative estimate of drug-likeness (QED) is 0.506. The number of nitrogens with zero attached hydrogens (tertiary/aromatic N) is 3. The Morgan fingerprint density at radius 3 is 2.47 bits per heavy atom. The van der Waals surface area contributed by atoms with Crippen LogP contribution in [-0.2, 0) is 4.74 Å². The van der Waals surface area contributed by atoms with Crippen LogP contribution in [0.25, 0.3) is 10.9 Å². The lowest BCUT2D eigenvalue weighted by Gasteiger charge is -2.27. The Balaban J connectivity index is 1.48. The van der Waals surface area contributed by atoms with Crippen LogP contribution in [0.15, 0.2) is 36.7 Å². The van der Waals surface area contributed by atoms with E-state index >= 15 is 0 Å². The minimum atomic E-state index is -0.472. The van der Waals surface area contributed by atoms with Crippen molar-refractivity contribution in [3.05, 3.63) is 47.8 Å². The fourth-order valence-electron chi connectivity index (χ4n) is 4.66. The van der Waals surface area contributed by atoms with Crippen LogP contribution < -0.4 is 15.8 Å². The van der Waals surface area contributed by atoms with Crippen molar-refractivity contribution in [2.45, 2.75) is 56.7 Å². The molecule has 3 heterocycles. The van der Waals surface area contributed by atoms with E-state index in [0.29, 0.717) is 30.6 Å². The van der Waals surface area contributed by atoms with Crippen molar-refractivity contribution in [2.24, 2.45) is 5.73 Å². The predicted octanol–water partition coefficient (Wildman–Crippen LogP) is 3.44. The fourth-order valence-corrected chi connectivity index (χ4v) is 4.66. The number of nitrogens with one attached hydrogen (secondary N) is 1. The molecule has 4 N–H and O–H groups in total. The van der Waals surface area contributed by atoms with E-state index in [4.69, 9.17) is 20.2 Å². The summed E-state index contributed by atoms with van der Waals surface area (Å²) in [5, 5.41) is 14.0. The van der Waals surface area contributed by atoms with Gasteiger partial charge < -0.3 is 25.6 Å². The van der Waals surface area contributed by atoms with Crippen LogP contribution in [0.3, 0.4) is 0 Å². The Morgan fingerprint density at radius 2 is 1.76 bits per heavy atom. The Morgan fingerprint density at radius 1 is 1.03 bits per heavy atom. The van der Waals surface area contributed by atoms with E-state index in [9.17, 15) is 9.90 Å². The van der Waals surface area contributed by atoms with E-state index in [1.165, 1.54) is 0 Å². The van der Waals surface area contributed by atoms with Crippen LogP contribution in [0, 0.1) is 0 Å². The summed E-state index contributed by atoms with van der Waals surface area (Å²) < 4.78 is 11.7. The molecule has 34 heavy (non-hydrogen) atoms. The van der Waals surface area contributed by atoms with E-state index < -0.39 is 5.91 Å². The second-order valence-electron chi connectivity index (χ2n) is 8.98. The molecule has 2 aromatic heterocycles. The third-order valence-corrected chi connectivity index (χ3v) is 6.62. The summed E-state index contributed by atoms with van der Waals surface area (Å²) in [7, 11) is 0. The number of amides is 1. The SMILES string of the molecule is NC(=O)c1ccc(Nc2ncc3c(OC4CCOCC4)ncc(C4CCC(O)CC4)c3n2)cc1. The Kier molecular flexibility index (Phi) is 6.55. The molecule has 2 aliphatic rings. The molecule has 1 amide bonds. The van der Waals surface area contributed by atoms with Crippen molar-refractivity contribution in [3.8, 4) is 5.88 Å². The minimum absolute atomic E-state index is 0.0571. The number of benzene rings is 1. The summed E-state index contributed by atoms with van der Waals surface area (Å²) in [4.78, 5) is 25.4. The average molecular weight is 464 g/mol. The van der Waals surface area contributed by atoms with E-state index in [0.717, 1.165) is 60.7 Å². The van der Waals surface area contributed by atoms with Crippen LogP contribution in [0.5, 0.6) is 5.88 Å². The summed E-state index contributed by atoms with van der Waals surface area (Å²) in [5.41, 5.74) is 8.38. The maximum absolute atomic E-state index is 11.3. The summed E-state index contributed by atoms with van der Waals surface area (Å²) in [6, 6.07) is 6.86. The first-order chi connectivity index (χ1) is 16.6. The smallest absolute Gasteiger partial charge is 0.248 e. The zero-order valence-corrected chi connectivity index (χ0v) is 18.9. The molecule has 0 spiro atoms. The van der Waals surface area contributed by atoms with Crippen LogP contribution in [0.2, 0.25) is 0 Å². The van der Waals surface area contributed by atoms with Gasteiger partial charge in [-0.05, 0) is 55.9 Å². The van der Waals surface area contributed by atoms with E-state index in [2.05, 4.69) is 15.3 Å². The highest BCUT2D eigenvalue weighted by molar-refractivity contribution is 5.93. The number of aliphatic hydroxyl groups excluding tert-OH is 1. The number of carbonyl (C=O) groups excluding carboxylic acids is 1. The Hall–Kier alpha value is -3.30. The molecule has 0 bridgehead atoms. The first-order valence-corrected chi connectivity index (χ1v) is 11.8. The van der Waals surface area contributed by atoms with E-state index in [1.807, 2.05) is 6.20 Å². The minimum Gasteiger partial charge on any atom is -0.474 e. The lowest BCUT2D eigenvalue weighted by atomic mass is 9.83. The third kappa shape index (κ3) is 4.95. The number of primary amides is 1. The molecule has 1 aliphatic carbocycles. The number of carbonyl (C=O) groups is 1. The normalized spacial score (nSPS) is 21.3. The monoisotopic (exact) mass is 463 g/mol. The molecular formula is C25H29N5O4. The Bertz CT molecular complexity index is 1160. The van der Waals surface area contributed by atoms with Crippen molar-refractivity contribution in [2.75, 3.05) is 18.5 Å². The topological polar surface area (TPSA) is 132 Å². The zero-order valence-electron chi connectivity index (χ0n) is 18.9. The number of rotatable bonds is 6. The molecule has 0 radical (unpaired) electrons. The van der Waals surface area contributed by atoms with Gasteiger partial charge in [-0.25, -0.2) is 15.0 Å². The molecule has 0 atom stereocenters. The van der Waals surface area contributed by atoms with Gasteiger partial charge in [-0.3, -0.25) is 4.79 Å². The van der Waals surface area contributed by atoms with Gasteiger partial charge in [0.2, 0.25) is 17.7 Å². The number of hydrogen-bond acceptors (Lipinski definition) is 8. The fraction of sp³-hybridized carbons (Fsp3) is 0.440. The van der Waals surface area contributed by atoms with Crippen LogP contribution in [-0.4, -0.2) is 51.4 Å². The van der Waals surface area contributed by atoms with Crippen LogP contribution in [0.4, 0.5) is 11.6 Å². The number of hydrogen-bond donors (Lipinski definition) is 3. The van der Waals surface area contributed by atoms with Gasteiger partial charge in [0.05, 0.1) is 30.2 Å². The molecule has 1 aliphatic heterocycles. The van der Waals surface area contributed by atoms with Gasteiger partial charge in [0.25, 0.3) is 0 Å². The highest BCUT2D eigenvalue weighted by atomic mass is 16.5. The number of aromatic nitrogens is 3. The van der Waals surface area contributed by atoms with Gasteiger partial charge in [-0.2, -0.15) is 0 Å². The van der Waals surface area contributed by atoms with Gasteiger partial charge >= 0.3 is 0 Å². The van der Waals surface area contributed by atoms with Crippen LogP contribution in [0.1, 0.15) is 60.4 Å². The van der Waals surface area contributed by atoms with Crippen LogP contribution >= 0.6 is 0 Å². The third-order valence-electron chi connectivity index (χ3n) is 6.62. The maximum Gasteiger partial charge on any atom is 0.248 e. The molecule has 2 fully saturated rings. The summed E-state index contributed by atoms with van der Waals surface area (Å²) in [6.45, 7) is 1.37. The molecule has 3 aromatic rings. The molecule has 0 unspecified atom stereocenters. The van der Waals surface area contributed by atoms with Crippen molar-refractivity contribution < 1.29 is 19.4 Å². The maximum atomic E-state index is 11.3. The summed E-state index contributed by atoms with van der Waals surface area (Å²) in [6.07, 6.45) is 8.43.